The lowest BCUT2D eigenvalue weighted by atomic mass is 9.79. The monoisotopic (exact) mass is 423 g/mol. The fourth-order valence-electron chi connectivity index (χ4n) is 3.59. The second-order valence-electron chi connectivity index (χ2n) is 7.05. The van der Waals surface area contributed by atoms with E-state index in [4.69, 9.17) is 4.74 Å². The lowest BCUT2D eigenvalue weighted by molar-refractivity contribution is -0.121. The van der Waals surface area contributed by atoms with E-state index in [1.54, 1.807) is 18.2 Å². The van der Waals surface area contributed by atoms with Crippen molar-refractivity contribution < 1.29 is 14.3 Å². The van der Waals surface area contributed by atoms with Crippen LogP contribution in [0.15, 0.2) is 18.2 Å². The number of unbranched alkanes of at least 4 members (excludes halogenated alkanes) is 1. The topological polar surface area (TPSA) is 55.4 Å². The fourth-order valence-corrected chi connectivity index (χ4v) is 3.92. The predicted molar refractivity (Wildman–Crippen MR) is 109 cm³/mol. The predicted octanol–water partition coefficient (Wildman–Crippen LogP) is 5.60. The molecule has 0 radical (unpaired) electrons. The molecule has 0 aromatic heterocycles. The zero-order valence-electron chi connectivity index (χ0n) is 15.9. The van der Waals surface area contributed by atoms with E-state index in [0.29, 0.717) is 23.6 Å². The Morgan fingerprint density at radius 1 is 1.19 bits per heavy atom. The van der Waals surface area contributed by atoms with Crippen molar-refractivity contribution in [2.45, 2.75) is 58.8 Å². The molecule has 5 heteroatoms. The van der Waals surface area contributed by atoms with Gasteiger partial charge in [-0.15, -0.1) is 0 Å². The Labute approximate surface area is 165 Å². The highest BCUT2D eigenvalue weighted by Crippen LogP contribution is 2.34. The van der Waals surface area contributed by atoms with Gasteiger partial charge in [0.15, 0.2) is 5.78 Å². The lowest BCUT2D eigenvalue weighted by Crippen LogP contribution is -2.27. The number of hydrogen-bond donors (Lipinski definition) is 1. The molecule has 0 atom stereocenters. The largest absolute Gasteiger partial charge is 0.492 e. The minimum absolute atomic E-state index is 0.00534. The SMILES string of the molecule is CCCCC1CCC(C(=O)Nc2ccc(C(=O)CBr)cc2OCC)CC1. The second-order valence-corrected chi connectivity index (χ2v) is 7.61. The van der Waals surface area contributed by atoms with Gasteiger partial charge in [-0.2, -0.15) is 0 Å². The van der Waals surface area contributed by atoms with E-state index >= 15 is 0 Å². The Morgan fingerprint density at radius 2 is 1.92 bits per heavy atom. The molecule has 1 aliphatic carbocycles. The van der Waals surface area contributed by atoms with Crippen molar-refractivity contribution in [3.63, 3.8) is 0 Å². The summed E-state index contributed by atoms with van der Waals surface area (Å²) < 4.78 is 5.64. The molecule has 1 amide bonds. The Bertz CT molecular complexity index is 609. The maximum Gasteiger partial charge on any atom is 0.227 e. The average molecular weight is 424 g/mol. The Hall–Kier alpha value is -1.36. The van der Waals surface area contributed by atoms with Gasteiger partial charge in [-0.05, 0) is 56.7 Å². The summed E-state index contributed by atoms with van der Waals surface area (Å²) in [6.45, 7) is 4.60. The third-order valence-corrected chi connectivity index (χ3v) is 5.68. The van der Waals surface area contributed by atoms with E-state index in [2.05, 4.69) is 28.2 Å². The Kier molecular flexibility index (Phi) is 8.63. The number of nitrogens with one attached hydrogen (secondary N) is 1. The first-order chi connectivity index (χ1) is 12.6. The summed E-state index contributed by atoms with van der Waals surface area (Å²) in [6, 6.07) is 5.22. The van der Waals surface area contributed by atoms with Gasteiger partial charge in [-0.3, -0.25) is 9.59 Å². The van der Waals surface area contributed by atoms with Gasteiger partial charge in [0, 0.05) is 11.5 Å². The molecule has 2 rings (SSSR count). The Balaban J connectivity index is 1.99. The van der Waals surface area contributed by atoms with Gasteiger partial charge in [0.1, 0.15) is 5.75 Å². The number of carbonyl (C=O) groups is 2. The first kappa shape index (κ1) is 20.9. The molecule has 144 valence electrons. The molecule has 26 heavy (non-hydrogen) atoms. The van der Waals surface area contributed by atoms with Gasteiger partial charge in [-0.1, -0.05) is 42.1 Å². The third kappa shape index (κ3) is 5.83. The van der Waals surface area contributed by atoms with Crippen molar-refractivity contribution in [1.29, 1.82) is 0 Å². The molecule has 1 aromatic carbocycles. The van der Waals surface area contributed by atoms with Crippen LogP contribution in [-0.4, -0.2) is 23.6 Å². The average Bonchev–Trinajstić information content (AvgIpc) is 2.67. The highest BCUT2D eigenvalue weighted by molar-refractivity contribution is 9.09. The minimum Gasteiger partial charge on any atom is -0.492 e. The van der Waals surface area contributed by atoms with Crippen LogP contribution in [0.1, 0.15) is 69.2 Å². The van der Waals surface area contributed by atoms with Crippen molar-refractivity contribution in [3.8, 4) is 5.75 Å². The smallest absolute Gasteiger partial charge is 0.227 e. The van der Waals surface area contributed by atoms with Crippen LogP contribution in [0.4, 0.5) is 5.69 Å². The molecule has 1 N–H and O–H groups in total. The fraction of sp³-hybridized carbons (Fsp3) is 0.619. The molecule has 4 nitrogen and oxygen atoms in total. The van der Waals surface area contributed by atoms with E-state index < -0.39 is 0 Å². The van der Waals surface area contributed by atoms with Crippen molar-refractivity contribution in [2.75, 3.05) is 17.3 Å². The van der Waals surface area contributed by atoms with Gasteiger partial charge in [-0.25, -0.2) is 0 Å². The van der Waals surface area contributed by atoms with E-state index in [9.17, 15) is 9.59 Å². The minimum atomic E-state index is -0.00534. The summed E-state index contributed by atoms with van der Waals surface area (Å²) in [5.74, 6) is 1.48. The van der Waals surface area contributed by atoms with Crippen LogP contribution in [0.5, 0.6) is 5.75 Å². The number of hydrogen-bond acceptors (Lipinski definition) is 3. The highest BCUT2D eigenvalue weighted by Gasteiger charge is 2.26. The molecule has 0 unspecified atom stereocenters. The van der Waals surface area contributed by atoms with E-state index in [1.165, 1.54) is 19.3 Å². The van der Waals surface area contributed by atoms with Crippen LogP contribution in [0, 0.1) is 11.8 Å². The third-order valence-electron chi connectivity index (χ3n) is 5.17. The number of ketones is 1. The van der Waals surface area contributed by atoms with E-state index in [-0.39, 0.29) is 22.9 Å². The van der Waals surface area contributed by atoms with Crippen LogP contribution in [0.2, 0.25) is 0 Å². The number of Topliss-reactive ketones (excluding diaryl/α,β-unsaturated/α-hetero) is 1. The van der Waals surface area contributed by atoms with Crippen molar-refractivity contribution >= 4 is 33.3 Å². The number of amides is 1. The zero-order valence-corrected chi connectivity index (χ0v) is 17.4. The number of alkyl halides is 1. The summed E-state index contributed by atoms with van der Waals surface area (Å²) >= 11 is 3.19. The molecule has 0 saturated heterocycles. The number of rotatable bonds is 9. The molecule has 1 aromatic rings. The normalized spacial score (nSPS) is 19.8. The molecule has 1 saturated carbocycles. The maximum absolute atomic E-state index is 12.7. The van der Waals surface area contributed by atoms with Gasteiger partial charge in [0.05, 0.1) is 17.6 Å². The Morgan fingerprint density at radius 3 is 2.54 bits per heavy atom. The zero-order chi connectivity index (χ0) is 18.9. The molecule has 0 heterocycles. The van der Waals surface area contributed by atoms with E-state index in [1.807, 2.05) is 6.92 Å². The first-order valence-corrected chi connectivity index (χ1v) is 10.9. The maximum atomic E-state index is 12.7. The summed E-state index contributed by atoms with van der Waals surface area (Å²) in [5.41, 5.74) is 1.23. The highest BCUT2D eigenvalue weighted by atomic mass is 79.9. The molecule has 1 fully saturated rings. The van der Waals surface area contributed by atoms with Crippen molar-refractivity contribution in [2.24, 2.45) is 11.8 Å². The number of ether oxygens (including phenoxy) is 1. The summed E-state index contributed by atoms with van der Waals surface area (Å²) in [7, 11) is 0. The van der Waals surface area contributed by atoms with E-state index in [0.717, 1.165) is 31.6 Å². The number of benzene rings is 1. The van der Waals surface area contributed by atoms with Crippen molar-refractivity contribution in [1.82, 2.24) is 0 Å². The second kappa shape index (κ2) is 10.7. The molecule has 0 bridgehead atoms. The number of carbonyl (C=O) groups excluding carboxylic acids is 2. The van der Waals surface area contributed by atoms with Gasteiger partial charge < -0.3 is 10.1 Å². The summed E-state index contributed by atoms with van der Waals surface area (Å²) in [4.78, 5) is 24.5. The molecule has 1 aliphatic rings. The van der Waals surface area contributed by atoms with Crippen LogP contribution >= 0.6 is 15.9 Å². The van der Waals surface area contributed by atoms with Crippen LogP contribution in [0.25, 0.3) is 0 Å². The standard InChI is InChI=1S/C21H30BrNO3/c1-3-5-6-15-7-9-16(10-8-15)21(25)23-18-12-11-17(19(24)14-22)13-20(18)26-4-2/h11-13,15-16H,3-10,14H2,1-2H3,(H,23,25). The molecular formula is C21H30BrNO3. The van der Waals surface area contributed by atoms with Crippen LogP contribution in [0.3, 0.4) is 0 Å². The van der Waals surface area contributed by atoms with Gasteiger partial charge in [0.2, 0.25) is 5.91 Å². The first-order valence-electron chi connectivity index (χ1n) is 9.75. The molecular weight excluding hydrogens is 394 g/mol. The molecule has 0 aliphatic heterocycles. The van der Waals surface area contributed by atoms with Gasteiger partial charge >= 0.3 is 0 Å². The van der Waals surface area contributed by atoms with Crippen LogP contribution in [-0.2, 0) is 4.79 Å². The van der Waals surface area contributed by atoms with Gasteiger partial charge in [0.25, 0.3) is 0 Å². The summed E-state index contributed by atoms with van der Waals surface area (Å²) in [5, 5.41) is 3.29. The van der Waals surface area contributed by atoms with Crippen LogP contribution < -0.4 is 10.1 Å². The quantitative estimate of drug-likeness (QED) is 0.415. The molecule has 0 spiro atoms. The lowest BCUT2D eigenvalue weighted by Gasteiger charge is -2.28. The van der Waals surface area contributed by atoms with Crippen molar-refractivity contribution in [3.05, 3.63) is 23.8 Å². The summed E-state index contributed by atoms with van der Waals surface area (Å²) in [6.07, 6.45) is 8.05. The number of anilines is 1. The number of halogens is 1.